The molecule has 2 aromatic carbocycles. The van der Waals surface area contributed by atoms with Crippen molar-refractivity contribution in [3.63, 3.8) is 0 Å². The molecule has 9 heteroatoms. The number of nitrogens with one attached hydrogen (secondary N) is 3. The van der Waals surface area contributed by atoms with Gasteiger partial charge in [0.2, 0.25) is 15.9 Å². The lowest BCUT2D eigenvalue weighted by Crippen LogP contribution is -2.28. The minimum absolute atomic E-state index is 0.107. The lowest BCUT2D eigenvalue weighted by Gasteiger charge is -2.13. The predicted molar refractivity (Wildman–Crippen MR) is 113 cm³/mol. The summed E-state index contributed by atoms with van der Waals surface area (Å²) in [4.78, 5) is 24.0. The van der Waals surface area contributed by atoms with Crippen molar-refractivity contribution in [1.29, 1.82) is 0 Å². The second-order valence-corrected chi connectivity index (χ2v) is 8.82. The number of benzene rings is 2. The van der Waals surface area contributed by atoms with Gasteiger partial charge in [0.1, 0.15) is 0 Å². The van der Waals surface area contributed by atoms with Gasteiger partial charge in [-0.3, -0.25) is 4.79 Å². The van der Waals surface area contributed by atoms with E-state index in [2.05, 4.69) is 16.0 Å². The van der Waals surface area contributed by atoms with Crippen molar-refractivity contribution < 1.29 is 18.0 Å². The van der Waals surface area contributed by atoms with Gasteiger partial charge < -0.3 is 16.0 Å². The summed E-state index contributed by atoms with van der Waals surface area (Å²) in [7, 11) is -0.537. The van der Waals surface area contributed by atoms with Crippen LogP contribution in [0.4, 0.5) is 16.2 Å². The van der Waals surface area contributed by atoms with Crippen molar-refractivity contribution in [2.75, 3.05) is 24.7 Å². The second-order valence-electron chi connectivity index (χ2n) is 6.67. The van der Waals surface area contributed by atoms with Gasteiger partial charge in [-0.25, -0.2) is 17.5 Å². The summed E-state index contributed by atoms with van der Waals surface area (Å²) in [5, 5.41) is 8.24. The quantitative estimate of drug-likeness (QED) is 0.642. The Labute approximate surface area is 171 Å². The first kappa shape index (κ1) is 22.4. The van der Waals surface area contributed by atoms with Crippen molar-refractivity contribution in [3.8, 4) is 0 Å². The Kier molecular flexibility index (Phi) is 7.35. The fraction of sp³-hybridized carbons (Fsp3) is 0.300. The summed E-state index contributed by atoms with van der Waals surface area (Å²) in [6.45, 7) is 3.85. The highest BCUT2D eigenvalue weighted by molar-refractivity contribution is 7.89. The number of urea groups is 1. The second kappa shape index (κ2) is 9.53. The number of amides is 3. The summed E-state index contributed by atoms with van der Waals surface area (Å²) >= 11 is 0. The molecular formula is C20H26N4O4S. The number of sulfonamides is 1. The van der Waals surface area contributed by atoms with Gasteiger partial charge >= 0.3 is 6.03 Å². The third-order valence-corrected chi connectivity index (χ3v) is 6.07. The van der Waals surface area contributed by atoms with Crippen LogP contribution in [-0.4, -0.2) is 38.8 Å². The molecule has 0 radical (unpaired) electrons. The summed E-state index contributed by atoms with van der Waals surface area (Å²) < 4.78 is 25.3. The standard InChI is InChI=1S/C20H26N4O4S/c1-5-19(25)22-16-9-6-14(2)18(12-16)23-20(26)21-13-15-7-10-17(11-8-15)29(27,28)24(3)4/h6-12H,5,13H2,1-4H3,(H,22,25)(H2,21,23,26). The molecular weight excluding hydrogens is 392 g/mol. The largest absolute Gasteiger partial charge is 0.334 e. The van der Waals surface area contributed by atoms with Crippen LogP contribution in [0, 0.1) is 6.92 Å². The topological polar surface area (TPSA) is 108 Å². The lowest BCUT2D eigenvalue weighted by molar-refractivity contribution is -0.115. The van der Waals surface area contributed by atoms with E-state index in [1.54, 1.807) is 31.2 Å². The van der Waals surface area contributed by atoms with E-state index in [-0.39, 0.29) is 17.3 Å². The van der Waals surface area contributed by atoms with E-state index >= 15 is 0 Å². The molecule has 0 bridgehead atoms. The van der Waals surface area contributed by atoms with Gasteiger partial charge in [-0.15, -0.1) is 0 Å². The number of carbonyl (C=O) groups is 2. The average Bonchev–Trinajstić information content (AvgIpc) is 2.69. The Balaban J connectivity index is 1.98. The molecule has 0 aliphatic rings. The highest BCUT2D eigenvalue weighted by atomic mass is 32.2. The highest BCUT2D eigenvalue weighted by Gasteiger charge is 2.16. The predicted octanol–water partition coefficient (Wildman–Crippen LogP) is 2.92. The molecule has 0 spiro atoms. The number of carbonyl (C=O) groups excluding carboxylic acids is 2. The Morgan fingerprint density at radius 3 is 2.24 bits per heavy atom. The molecule has 2 rings (SSSR count). The number of rotatable bonds is 7. The summed E-state index contributed by atoms with van der Waals surface area (Å²) in [5.74, 6) is -0.107. The third-order valence-electron chi connectivity index (χ3n) is 4.25. The average molecular weight is 419 g/mol. The van der Waals surface area contributed by atoms with Crippen molar-refractivity contribution in [3.05, 3.63) is 53.6 Å². The van der Waals surface area contributed by atoms with Gasteiger partial charge in [0.05, 0.1) is 4.90 Å². The highest BCUT2D eigenvalue weighted by Crippen LogP contribution is 2.20. The summed E-state index contributed by atoms with van der Waals surface area (Å²) in [6, 6.07) is 11.2. The Morgan fingerprint density at radius 2 is 1.66 bits per heavy atom. The minimum Gasteiger partial charge on any atom is -0.334 e. The molecule has 0 saturated carbocycles. The van der Waals surface area contributed by atoms with Crippen LogP contribution < -0.4 is 16.0 Å². The molecule has 0 unspecified atom stereocenters. The molecule has 156 valence electrons. The Hall–Kier alpha value is -2.91. The molecule has 0 fully saturated rings. The van der Waals surface area contributed by atoms with E-state index in [0.29, 0.717) is 17.8 Å². The number of hydrogen-bond donors (Lipinski definition) is 3. The molecule has 8 nitrogen and oxygen atoms in total. The first-order valence-corrected chi connectivity index (χ1v) is 10.5. The lowest BCUT2D eigenvalue weighted by atomic mass is 10.1. The van der Waals surface area contributed by atoms with Gasteiger partial charge in [0.15, 0.2) is 0 Å². The zero-order valence-corrected chi connectivity index (χ0v) is 17.8. The maximum atomic E-state index is 12.2. The van der Waals surface area contributed by atoms with Gasteiger partial charge in [0.25, 0.3) is 0 Å². The molecule has 3 amide bonds. The molecule has 0 aromatic heterocycles. The third kappa shape index (κ3) is 6.03. The molecule has 29 heavy (non-hydrogen) atoms. The first-order chi connectivity index (χ1) is 13.6. The zero-order chi connectivity index (χ0) is 21.6. The zero-order valence-electron chi connectivity index (χ0n) is 16.9. The molecule has 3 N–H and O–H groups in total. The molecule has 0 heterocycles. The number of hydrogen-bond acceptors (Lipinski definition) is 4. The maximum absolute atomic E-state index is 12.2. The van der Waals surface area contributed by atoms with Crippen LogP contribution in [0.15, 0.2) is 47.4 Å². The summed E-state index contributed by atoms with van der Waals surface area (Å²) in [5.41, 5.74) is 2.81. The van der Waals surface area contributed by atoms with Crippen molar-refractivity contribution in [2.45, 2.75) is 31.7 Å². The molecule has 0 aliphatic carbocycles. The van der Waals surface area contributed by atoms with E-state index in [4.69, 9.17) is 0 Å². The fourth-order valence-corrected chi connectivity index (χ4v) is 3.32. The smallest absolute Gasteiger partial charge is 0.319 e. The van der Waals surface area contributed by atoms with E-state index in [1.165, 1.54) is 26.2 Å². The van der Waals surface area contributed by atoms with Crippen molar-refractivity contribution >= 4 is 33.3 Å². The monoisotopic (exact) mass is 418 g/mol. The molecule has 0 atom stereocenters. The van der Waals surface area contributed by atoms with E-state index < -0.39 is 16.1 Å². The van der Waals surface area contributed by atoms with Crippen LogP contribution in [0.1, 0.15) is 24.5 Å². The van der Waals surface area contributed by atoms with E-state index in [9.17, 15) is 18.0 Å². The van der Waals surface area contributed by atoms with E-state index in [1.807, 2.05) is 13.0 Å². The van der Waals surface area contributed by atoms with Gasteiger partial charge in [-0.2, -0.15) is 0 Å². The fourth-order valence-electron chi connectivity index (χ4n) is 2.42. The van der Waals surface area contributed by atoms with Crippen LogP contribution in [-0.2, 0) is 21.4 Å². The van der Waals surface area contributed by atoms with Gasteiger partial charge in [-0.05, 0) is 42.3 Å². The summed E-state index contributed by atoms with van der Waals surface area (Å²) in [6.07, 6.45) is 0.367. The minimum atomic E-state index is -3.48. The van der Waals surface area contributed by atoms with Crippen LogP contribution in [0.3, 0.4) is 0 Å². The van der Waals surface area contributed by atoms with Gasteiger partial charge in [0, 0.05) is 38.4 Å². The van der Waals surface area contributed by atoms with Crippen LogP contribution in [0.5, 0.6) is 0 Å². The first-order valence-electron chi connectivity index (χ1n) is 9.10. The van der Waals surface area contributed by atoms with Crippen molar-refractivity contribution in [2.24, 2.45) is 0 Å². The Morgan fingerprint density at radius 1 is 1.00 bits per heavy atom. The number of anilines is 2. The van der Waals surface area contributed by atoms with Gasteiger partial charge in [-0.1, -0.05) is 25.1 Å². The molecule has 2 aromatic rings. The Bertz CT molecular complexity index is 986. The normalized spacial score (nSPS) is 11.2. The number of nitrogens with zero attached hydrogens (tertiary/aromatic N) is 1. The molecule has 0 aliphatic heterocycles. The SMILES string of the molecule is CCC(=O)Nc1ccc(C)c(NC(=O)NCc2ccc(S(=O)(=O)N(C)C)cc2)c1. The van der Waals surface area contributed by atoms with Crippen molar-refractivity contribution in [1.82, 2.24) is 9.62 Å². The molecule has 0 saturated heterocycles. The number of aryl methyl sites for hydroxylation is 1. The van der Waals surface area contributed by atoms with E-state index in [0.717, 1.165) is 15.4 Å². The van der Waals surface area contributed by atoms with Crippen LogP contribution in [0.25, 0.3) is 0 Å². The van der Waals surface area contributed by atoms with Crippen LogP contribution in [0.2, 0.25) is 0 Å². The van der Waals surface area contributed by atoms with Crippen LogP contribution >= 0.6 is 0 Å². The maximum Gasteiger partial charge on any atom is 0.319 e.